The number of benzene rings is 2. The minimum absolute atomic E-state index is 0.00363. The fourth-order valence-corrected chi connectivity index (χ4v) is 3.20. The Labute approximate surface area is 143 Å². The third kappa shape index (κ3) is 5.22. The van der Waals surface area contributed by atoms with E-state index in [1.165, 1.54) is 0 Å². The predicted octanol–water partition coefficient (Wildman–Crippen LogP) is 3.73. The van der Waals surface area contributed by atoms with Gasteiger partial charge in [-0.3, -0.25) is 0 Å². The van der Waals surface area contributed by atoms with Gasteiger partial charge in [-0.1, -0.05) is 24.3 Å². The zero-order valence-electron chi connectivity index (χ0n) is 13.3. The van der Waals surface area contributed by atoms with Crippen LogP contribution < -0.4 is 5.32 Å². The van der Waals surface area contributed by atoms with E-state index >= 15 is 0 Å². The summed E-state index contributed by atoms with van der Waals surface area (Å²) < 4.78 is 62.3. The molecule has 0 bridgehead atoms. The lowest BCUT2D eigenvalue weighted by Crippen LogP contribution is -2.12. The van der Waals surface area contributed by atoms with Crippen LogP contribution in [0.2, 0.25) is 0 Å². The van der Waals surface area contributed by atoms with Gasteiger partial charge in [-0.05, 0) is 29.3 Å². The average Bonchev–Trinajstić information content (AvgIpc) is 2.51. The number of alkyl halides is 3. The molecule has 0 aliphatic carbocycles. The van der Waals surface area contributed by atoms with E-state index in [1.807, 2.05) is 0 Å². The highest BCUT2D eigenvalue weighted by Gasteiger charge is 2.33. The van der Waals surface area contributed by atoms with E-state index in [0.29, 0.717) is 11.1 Å². The first-order chi connectivity index (χ1) is 11.6. The maximum Gasteiger partial charge on any atom is 0.418 e. The first-order valence-electron chi connectivity index (χ1n) is 7.20. The van der Waals surface area contributed by atoms with Crippen molar-refractivity contribution in [2.45, 2.75) is 18.5 Å². The Balaban J connectivity index is 2.32. The molecule has 0 aliphatic rings. The van der Waals surface area contributed by atoms with Crippen LogP contribution in [0.3, 0.4) is 0 Å². The van der Waals surface area contributed by atoms with Crippen molar-refractivity contribution in [3.63, 3.8) is 0 Å². The molecule has 2 aromatic rings. The van der Waals surface area contributed by atoms with Gasteiger partial charge in [0.15, 0.2) is 9.84 Å². The summed E-state index contributed by atoms with van der Waals surface area (Å²) in [6, 6.07) is 11.5. The molecule has 0 aliphatic heterocycles. The molecule has 0 fully saturated rings. The molecule has 132 valence electrons. The van der Waals surface area contributed by atoms with E-state index in [1.54, 1.807) is 30.3 Å². The lowest BCUT2D eigenvalue weighted by Gasteiger charge is -2.16. The van der Waals surface area contributed by atoms with E-state index in [2.05, 4.69) is 5.32 Å². The highest BCUT2D eigenvalue weighted by Crippen LogP contribution is 2.35. The summed E-state index contributed by atoms with van der Waals surface area (Å²) in [4.78, 5) is 0. The number of halogens is 3. The molecular weight excluding hydrogens is 353 g/mol. The second kappa shape index (κ2) is 7.15. The van der Waals surface area contributed by atoms with Crippen LogP contribution in [0, 0.1) is 11.3 Å². The lowest BCUT2D eigenvalue weighted by atomic mass is 10.1. The quantitative estimate of drug-likeness (QED) is 0.873. The Morgan fingerprint density at radius 2 is 1.76 bits per heavy atom. The second-order valence-corrected chi connectivity index (χ2v) is 7.70. The van der Waals surface area contributed by atoms with Crippen LogP contribution in [0.5, 0.6) is 0 Å². The normalized spacial score (nSPS) is 11.8. The molecule has 4 nitrogen and oxygen atoms in total. The summed E-state index contributed by atoms with van der Waals surface area (Å²) in [5.74, 6) is -0.199. The van der Waals surface area contributed by atoms with Crippen molar-refractivity contribution in [2.75, 3.05) is 11.6 Å². The van der Waals surface area contributed by atoms with Crippen LogP contribution in [0.4, 0.5) is 18.9 Å². The van der Waals surface area contributed by atoms with E-state index in [9.17, 15) is 21.6 Å². The van der Waals surface area contributed by atoms with Crippen molar-refractivity contribution in [3.05, 3.63) is 64.7 Å². The van der Waals surface area contributed by atoms with Gasteiger partial charge in [-0.2, -0.15) is 18.4 Å². The molecule has 0 heterocycles. The third-order valence-electron chi connectivity index (χ3n) is 3.46. The number of nitrogens with one attached hydrogen (secondary N) is 1. The molecule has 8 heteroatoms. The molecule has 0 unspecified atom stereocenters. The molecular formula is C17H15F3N2O2S. The zero-order valence-corrected chi connectivity index (χ0v) is 14.1. The SMILES string of the molecule is CS(=O)(=O)Cc1ccccc1CNc1cc(C#N)ccc1C(F)(F)F. The number of nitriles is 1. The zero-order chi connectivity index (χ0) is 18.7. The minimum atomic E-state index is -4.57. The molecule has 2 rings (SSSR count). The first kappa shape index (κ1) is 18.8. The Hall–Kier alpha value is -2.53. The van der Waals surface area contributed by atoms with Crippen molar-refractivity contribution in [1.82, 2.24) is 0 Å². The molecule has 1 N–H and O–H groups in total. The van der Waals surface area contributed by atoms with Crippen molar-refractivity contribution < 1.29 is 21.6 Å². The second-order valence-electron chi connectivity index (χ2n) is 5.56. The Morgan fingerprint density at radius 3 is 2.32 bits per heavy atom. The predicted molar refractivity (Wildman–Crippen MR) is 88.5 cm³/mol. The highest BCUT2D eigenvalue weighted by molar-refractivity contribution is 7.89. The van der Waals surface area contributed by atoms with Gasteiger partial charge >= 0.3 is 6.18 Å². The van der Waals surface area contributed by atoms with Crippen molar-refractivity contribution in [2.24, 2.45) is 0 Å². The first-order valence-corrected chi connectivity index (χ1v) is 9.26. The van der Waals surface area contributed by atoms with E-state index < -0.39 is 21.6 Å². The Kier molecular flexibility index (Phi) is 5.38. The van der Waals surface area contributed by atoms with Crippen LogP contribution in [-0.4, -0.2) is 14.7 Å². The van der Waals surface area contributed by atoms with Crippen LogP contribution in [0.25, 0.3) is 0 Å². The van der Waals surface area contributed by atoms with Gasteiger partial charge in [0, 0.05) is 18.5 Å². The summed E-state index contributed by atoms with van der Waals surface area (Å²) in [5.41, 5.74) is 0.0821. The summed E-state index contributed by atoms with van der Waals surface area (Å²) >= 11 is 0. The monoisotopic (exact) mass is 368 g/mol. The maximum atomic E-state index is 13.1. The molecule has 0 saturated heterocycles. The molecule has 0 amide bonds. The number of hydrogen-bond acceptors (Lipinski definition) is 4. The smallest absolute Gasteiger partial charge is 0.380 e. The Bertz CT molecular complexity index is 916. The standard InChI is InChI=1S/C17H15F3N2O2S/c1-25(23,24)11-14-5-3-2-4-13(14)10-22-16-8-12(9-21)6-7-15(16)17(18,19)20/h2-8,22H,10-11H2,1H3. The minimum Gasteiger partial charge on any atom is -0.380 e. The average molecular weight is 368 g/mol. The molecule has 2 aromatic carbocycles. The van der Waals surface area contributed by atoms with Crippen LogP contribution >= 0.6 is 0 Å². The molecule has 0 aromatic heterocycles. The fraction of sp³-hybridized carbons (Fsp3) is 0.235. The highest BCUT2D eigenvalue weighted by atomic mass is 32.2. The van der Waals surface area contributed by atoms with E-state index in [0.717, 1.165) is 24.5 Å². The summed E-state index contributed by atoms with van der Waals surface area (Å²) in [5, 5.41) is 11.6. The van der Waals surface area contributed by atoms with Gasteiger partial charge in [-0.15, -0.1) is 0 Å². The van der Waals surface area contributed by atoms with Gasteiger partial charge in [0.2, 0.25) is 0 Å². The van der Waals surface area contributed by atoms with Gasteiger partial charge in [0.1, 0.15) is 0 Å². The topological polar surface area (TPSA) is 70.0 Å². The van der Waals surface area contributed by atoms with Crippen LogP contribution in [0.1, 0.15) is 22.3 Å². The summed E-state index contributed by atoms with van der Waals surface area (Å²) in [6.07, 6.45) is -3.47. The molecule has 0 saturated carbocycles. The largest absolute Gasteiger partial charge is 0.418 e. The maximum absolute atomic E-state index is 13.1. The van der Waals surface area contributed by atoms with Gasteiger partial charge in [0.05, 0.1) is 22.9 Å². The number of anilines is 1. The number of rotatable bonds is 5. The summed E-state index contributed by atoms with van der Waals surface area (Å²) in [7, 11) is -3.28. The fourth-order valence-electron chi connectivity index (χ4n) is 2.35. The Morgan fingerprint density at radius 1 is 1.12 bits per heavy atom. The number of nitrogens with zero attached hydrogens (tertiary/aromatic N) is 1. The molecule has 0 atom stereocenters. The van der Waals surface area contributed by atoms with Gasteiger partial charge < -0.3 is 5.32 Å². The lowest BCUT2D eigenvalue weighted by molar-refractivity contribution is -0.137. The van der Waals surface area contributed by atoms with Gasteiger partial charge in [-0.25, -0.2) is 8.42 Å². The molecule has 0 spiro atoms. The van der Waals surface area contributed by atoms with E-state index in [-0.39, 0.29) is 23.5 Å². The van der Waals surface area contributed by atoms with Crippen LogP contribution in [-0.2, 0) is 28.3 Å². The van der Waals surface area contributed by atoms with E-state index in [4.69, 9.17) is 5.26 Å². The summed E-state index contributed by atoms with van der Waals surface area (Å²) in [6.45, 7) is 0.00363. The van der Waals surface area contributed by atoms with Crippen molar-refractivity contribution >= 4 is 15.5 Å². The number of hydrogen-bond donors (Lipinski definition) is 1. The van der Waals surface area contributed by atoms with Crippen molar-refractivity contribution in [3.8, 4) is 6.07 Å². The number of sulfone groups is 1. The van der Waals surface area contributed by atoms with Crippen LogP contribution in [0.15, 0.2) is 42.5 Å². The van der Waals surface area contributed by atoms with Gasteiger partial charge in [0.25, 0.3) is 0 Å². The van der Waals surface area contributed by atoms with Crippen molar-refractivity contribution in [1.29, 1.82) is 5.26 Å². The molecule has 25 heavy (non-hydrogen) atoms. The third-order valence-corrected chi connectivity index (χ3v) is 4.29. The molecule has 0 radical (unpaired) electrons.